The van der Waals surface area contributed by atoms with Crippen molar-refractivity contribution < 1.29 is 0 Å². The van der Waals surface area contributed by atoms with Crippen LogP contribution in [0.25, 0.3) is 0 Å². The fraction of sp³-hybridized carbons (Fsp3) is 0.867. The van der Waals surface area contributed by atoms with Gasteiger partial charge >= 0.3 is 0 Å². The van der Waals surface area contributed by atoms with Crippen molar-refractivity contribution in [2.45, 2.75) is 76.3 Å². The zero-order valence-electron chi connectivity index (χ0n) is 13.0. The number of aryl methyl sites for hydroxylation is 1. The lowest BCUT2D eigenvalue weighted by atomic mass is 10.1. The van der Waals surface area contributed by atoms with Crippen molar-refractivity contribution in [3.05, 3.63) is 6.33 Å². The quantitative estimate of drug-likeness (QED) is 0.356. The van der Waals surface area contributed by atoms with E-state index in [9.17, 15) is 0 Å². The van der Waals surface area contributed by atoms with Crippen molar-refractivity contribution in [3.63, 3.8) is 0 Å². The van der Waals surface area contributed by atoms with E-state index in [1.807, 2.05) is 22.4 Å². The number of aromatic nitrogens is 3. The van der Waals surface area contributed by atoms with Gasteiger partial charge in [0.05, 0.1) is 0 Å². The molecule has 1 rings (SSSR count). The van der Waals surface area contributed by atoms with Gasteiger partial charge in [-0.3, -0.25) is 0 Å². The molecular weight excluding hydrogens is 286 g/mol. The second kappa shape index (κ2) is 12.6. The Labute approximate surface area is 132 Å². The first-order valence-electron chi connectivity index (χ1n) is 7.98. The van der Waals surface area contributed by atoms with Crippen LogP contribution < -0.4 is 0 Å². The summed E-state index contributed by atoms with van der Waals surface area (Å²) in [7, 11) is 5.62. The molecule has 0 unspecified atom stereocenters. The highest BCUT2D eigenvalue weighted by Gasteiger charge is 2.01. The molecule has 0 radical (unpaired) electrons. The summed E-state index contributed by atoms with van der Waals surface area (Å²) in [4.78, 5) is 0. The Kier molecular flexibility index (Phi) is 11.2. The molecule has 3 nitrogen and oxygen atoms in total. The number of hydrogen-bond donors (Lipinski definition) is 0. The molecule has 0 amide bonds. The average Bonchev–Trinajstić information content (AvgIpc) is 2.85. The maximum absolute atomic E-state index is 4.06. The molecule has 20 heavy (non-hydrogen) atoms. The first-order valence-corrected chi connectivity index (χ1v) is 10.3. The molecule has 0 aliphatic rings. The molecule has 0 spiro atoms. The van der Waals surface area contributed by atoms with Crippen molar-refractivity contribution >= 4 is 21.6 Å². The molecule has 0 saturated heterocycles. The van der Waals surface area contributed by atoms with Gasteiger partial charge in [-0.15, -0.1) is 10.2 Å². The number of nitrogens with zero attached hydrogens (tertiary/aromatic N) is 3. The van der Waals surface area contributed by atoms with E-state index in [2.05, 4.69) is 17.1 Å². The van der Waals surface area contributed by atoms with Crippen molar-refractivity contribution in [2.75, 3.05) is 5.75 Å². The lowest BCUT2D eigenvalue weighted by Crippen LogP contribution is -1.87. The van der Waals surface area contributed by atoms with E-state index >= 15 is 0 Å². The third-order valence-electron chi connectivity index (χ3n) is 3.38. The molecule has 0 aromatic carbocycles. The van der Waals surface area contributed by atoms with Crippen molar-refractivity contribution in [1.82, 2.24) is 14.8 Å². The van der Waals surface area contributed by atoms with Gasteiger partial charge < -0.3 is 4.57 Å². The lowest BCUT2D eigenvalue weighted by molar-refractivity contribution is 0.563. The summed E-state index contributed by atoms with van der Waals surface area (Å²) >= 11 is 0. The van der Waals surface area contributed by atoms with Gasteiger partial charge in [0.25, 0.3) is 0 Å². The van der Waals surface area contributed by atoms with E-state index in [1.165, 1.54) is 70.0 Å². The molecular formula is C15H29N3S2. The zero-order valence-corrected chi connectivity index (χ0v) is 14.6. The molecule has 0 bridgehead atoms. The minimum atomic E-state index is 1.00. The predicted molar refractivity (Wildman–Crippen MR) is 91.2 cm³/mol. The summed E-state index contributed by atoms with van der Waals surface area (Å²) in [5.41, 5.74) is 0. The molecule has 0 N–H and O–H groups in total. The second-order valence-electron chi connectivity index (χ2n) is 5.31. The van der Waals surface area contributed by atoms with Gasteiger partial charge in [0.2, 0.25) is 5.16 Å². The third-order valence-corrected chi connectivity index (χ3v) is 5.78. The molecule has 1 aromatic rings. The van der Waals surface area contributed by atoms with Crippen molar-refractivity contribution in [1.29, 1.82) is 0 Å². The molecule has 1 heterocycles. The van der Waals surface area contributed by atoms with E-state index in [0.29, 0.717) is 0 Å². The van der Waals surface area contributed by atoms with Crippen LogP contribution in [0.1, 0.15) is 71.1 Å². The van der Waals surface area contributed by atoms with Crippen LogP contribution in [0.15, 0.2) is 11.5 Å². The fourth-order valence-electron chi connectivity index (χ4n) is 2.09. The van der Waals surface area contributed by atoms with E-state index in [4.69, 9.17) is 0 Å². The average molecular weight is 316 g/mol. The van der Waals surface area contributed by atoms with Crippen LogP contribution in [0.3, 0.4) is 0 Å². The number of hydrogen-bond acceptors (Lipinski definition) is 4. The maximum atomic E-state index is 4.06. The minimum absolute atomic E-state index is 1.00. The fourth-order valence-corrected chi connectivity index (χ4v) is 4.22. The third kappa shape index (κ3) is 8.90. The predicted octanol–water partition coefficient (Wildman–Crippen LogP) is 5.48. The highest BCUT2D eigenvalue weighted by Crippen LogP contribution is 2.29. The summed E-state index contributed by atoms with van der Waals surface area (Å²) in [5.74, 6) is 1.22. The molecule has 0 aliphatic heterocycles. The van der Waals surface area contributed by atoms with E-state index in [1.54, 1.807) is 17.1 Å². The Morgan fingerprint density at radius 3 is 2.10 bits per heavy atom. The number of unbranched alkanes of at least 4 members (excludes halogenated alkanes) is 9. The monoisotopic (exact) mass is 315 g/mol. The van der Waals surface area contributed by atoms with Gasteiger partial charge in [-0.05, 0) is 17.2 Å². The van der Waals surface area contributed by atoms with Crippen LogP contribution in [0, 0.1) is 0 Å². The summed E-state index contributed by atoms with van der Waals surface area (Å²) < 4.78 is 1.97. The summed E-state index contributed by atoms with van der Waals surface area (Å²) in [6.45, 7) is 2.28. The van der Waals surface area contributed by atoms with Crippen molar-refractivity contribution in [3.8, 4) is 0 Å². The van der Waals surface area contributed by atoms with Gasteiger partial charge in [-0.1, -0.05) is 75.5 Å². The van der Waals surface area contributed by atoms with E-state index < -0.39 is 0 Å². The SMILES string of the molecule is CCCCCCCCCCCCSSc1nncn1C. The minimum Gasteiger partial charge on any atom is -0.311 e. The summed E-state index contributed by atoms with van der Waals surface area (Å²) in [6, 6.07) is 0. The van der Waals surface area contributed by atoms with Crippen LogP contribution in [0.5, 0.6) is 0 Å². The molecule has 1 aromatic heterocycles. The van der Waals surface area contributed by atoms with Gasteiger partial charge in [0.15, 0.2) is 0 Å². The van der Waals surface area contributed by atoms with Gasteiger partial charge in [0, 0.05) is 12.8 Å². The van der Waals surface area contributed by atoms with Crippen LogP contribution in [-0.4, -0.2) is 20.5 Å². The molecule has 116 valence electrons. The molecule has 0 aliphatic carbocycles. The standard InChI is InChI=1S/C15H29N3S2/c1-3-4-5-6-7-8-9-10-11-12-13-19-20-15-17-16-14-18(15)2/h14H,3-13H2,1-2H3. The van der Waals surface area contributed by atoms with Crippen LogP contribution >= 0.6 is 21.6 Å². The van der Waals surface area contributed by atoms with Crippen LogP contribution in [-0.2, 0) is 7.05 Å². The lowest BCUT2D eigenvalue weighted by Gasteiger charge is -2.02. The summed E-state index contributed by atoms with van der Waals surface area (Å²) in [6.07, 6.45) is 15.8. The second-order valence-corrected chi connectivity index (χ2v) is 7.69. The first kappa shape index (κ1) is 17.9. The van der Waals surface area contributed by atoms with Crippen LogP contribution in [0.4, 0.5) is 0 Å². The molecule has 0 saturated carbocycles. The van der Waals surface area contributed by atoms with E-state index in [0.717, 1.165) is 5.16 Å². The highest BCUT2D eigenvalue weighted by molar-refractivity contribution is 8.76. The van der Waals surface area contributed by atoms with Gasteiger partial charge in [-0.25, -0.2) is 0 Å². The van der Waals surface area contributed by atoms with Crippen LogP contribution in [0.2, 0.25) is 0 Å². The Morgan fingerprint density at radius 1 is 0.950 bits per heavy atom. The Bertz CT molecular complexity index is 329. The smallest absolute Gasteiger partial charge is 0.201 e. The van der Waals surface area contributed by atoms with Gasteiger partial charge in [-0.2, -0.15) is 0 Å². The van der Waals surface area contributed by atoms with Crippen molar-refractivity contribution in [2.24, 2.45) is 7.05 Å². The summed E-state index contributed by atoms with van der Waals surface area (Å²) in [5, 5.41) is 8.94. The maximum Gasteiger partial charge on any atom is 0.201 e. The zero-order chi connectivity index (χ0) is 14.5. The molecule has 0 atom stereocenters. The topological polar surface area (TPSA) is 30.7 Å². The highest BCUT2D eigenvalue weighted by atomic mass is 33.1. The Hall–Kier alpha value is -0.160. The Morgan fingerprint density at radius 2 is 1.55 bits per heavy atom. The van der Waals surface area contributed by atoms with E-state index in [-0.39, 0.29) is 0 Å². The normalized spacial score (nSPS) is 11.1. The largest absolute Gasteiger partial charge is 0.311 e. The first-order chi connectivity index (χ1) is 9.84. The molecule has 5 heteroatoms. The van der Waals surface area contributed by atoms with Gasteiger partial charge in [0.1, 0.15) is 6.33 Å². The molecule has 0 fully saturated rings. The number of rotatable bonds is 13. The Balaban J connectivity index is 1.78.